The Morgan fingerprint density at radius 2 is 2.22 bits per heavy atom. The lowest BCUT2D eigenvalue weighted by molar-refractivity contribution is -0.0277. The van der Waals surface area contributed by atoms with E-state index in [1.807, 2.05) is 0 Å². The molecule has 0 saturated carbocycles. The molecule has 0 amide bonds. The molecule has 0 unspecified atom stereocenters. The number of nitrogens with zero attached hydrogens (tertiary/aromatic N) is 1. The van der Waals surface area contributed by atoms with Crippen molar-refractivity contribution in [2.75, 3.05) is 19.4 Å². The largest absolute Gasteiger partial charge is 0.284 e. The van der Waals surface area contributed by atoms with Crippen LogP contribution in [-0.2, 0) is 14.9 Å². The molecule has 0 aliphatic carbocycles. The van der Waals surface area contributed by atoms with E-state index in [0.717, 1.165) is 17.1 Å². The fraction of sp³-hybridized carbons (Fsp3) is 1.00. The highest BCUT2D eigenvalue weighted by atomic mass is 32.2. The molecular weight excluding hydrogens is 142 g/mol. The van der Waals surface area contributed by atoms with E-state index in [1.54, 1.807) is 0 Å². The fourth-order valence-electron chi connectivity index (χ4n) is 0.686. The SMILES string of the molecule is CS(=O)(=O)N1CCCO1. The first-order chi connectivity index (χ1) is 4.11. The van der Waals surface area contributed by atoms with Crippen molar-refractivity contribution >= 4 is 10.0 Å². The van der Waals surface area contributed by atoms with Gasteiger partial charge in [0.2, 0.25) is 10.0 Å². The third kappa shape index (κ3) is 1.64. The van der Waals surface area contributed by atoms with E-state index in [-0.39, 0.29) is 0 Å². The maximum Gasteiger partial charge on any atom is 0.233 e. The predicted molar refractivity (Wildman–Crippen MR) is 32.1 cm³/mol. The number of hydrogen-bond donors (Lipinski definition) is 0. The molecule has 4 nitrogen and oxygen atoms in total. The second-order valence-corrected chi connectivity index (χ2v) is 3.85. The monoisotopic (exact) mass is 151 g/mol. The zero-order valence-electron chi connectivity index (χ0n) is 5.20. The van der Waals surface area contributed by atoms with Crippen LogP contribution in [0.2, 0.25) is 0 Å². The van der Waals surface area contributed by atoms with E-state index < -0.39 is 10.0 Å². The van der Waals surface area contributed by atoms with Crippen molar-refractivity contribution in [3.63, 3.8) is 0 Å². The van der Waals surface area contributed by atoms with Gasteiger partial charge in [0.05, 0.1) is 12.9 Å². The number of hydroxylamine groups is 1. The third-order valence-electron chi connectivity index (χ3n) is 1.09. The highest BCUT2D eigenvalue weighted by Crippen LogP contribution is 2.07. The van der Waals surface area contributed by atoms with Crippen LogP contribution in [0.5, 0.6) is 0 Å². The van der Waals surface area contributed by atoms with Gasteiger partial charge in [-0.3, -0.25) is 4.84 Å². The van der Waals surface area contributed by atoms with E-state index in [1.165, 1.54) is 0 Å². The summed E-state index contributed by atoms with van der Waals surface area (Å²) in [4.78, 5) is 4.76. The molecule has 9 heavy (non-hydrogen) atoms. The summed E-state index contributed by atoms with van der Waals surface area (Å²) >= 11 is 0. The van der Waals surface area contributed by atoms with Crippen LogP contribution in [0.3, 0.4) is 0 Å². The minimum atomic E-state index is -3.09. The summed E-state index contributed by atoms with van der Waals surface area (Å²) in [6.07, 6.45) is 1.94. The highest BCUT2D eigenvalue weighted by molar-refractivity contribution is 7.88. The molecule has 0 aromatic carbocycles. The van der Waals surface area contributed by atoms with E-state index in [0.29, 0.717) is 13.2 Å². The summed E-state index contributed by atoms with van der Waals surface area (Å²) in [5.41, 5.74) is 0. The maximum atomic E-state index is 10.6. The van der Waals surface area contributed by atoms with Crippen molar-refractivity contribution in [2.45, 2.75) is 6.42 Å². The van der Waals surface area contributed by atoms with Crippen LogP contribution in [-0.4, -0.2) is 32.3 Å². The molecule has 54 valence electrons. The van der Waals surface area contributed by atoms with Crippen molar-refractivity contribution in [1.29, 1.82) is 0 Å². The van der Waals surface area contributed by atoms with Crippen LogP contribution in [0.1, 0.15) is 6.42 Å². The zero-order chi connectivity index (χ0) is 6.91. The van der Waals surface area contributed by atoms with Gasteiger partial charge in [0, 0.05) is 6.54 Å². The molecule has 0 spiro atoms. The molecule has 1 heterocycles. The minimum Gasteiger partial charge on any atom is -0.284 e. The Morgan fingerprint density at radius 3 is 2.44 bits per heavy atom. The van der Waals surface area contributed by atoms with Gasteiger partial charge in [-0.25, -0.2) is 8.42 Å². The lowest BCUT2D eigenvalue weighted by Gasteiger charge is -2.08. The summed E-state index contributed by atoms with van der Waals surface area (Å²) in [6, 6.07) is 0. The molecule has 0 N–H and O–H groups in total. The molecule has 0 aromatic rings. The first-order valence-corrected chi connectivity index (χ1v) is 4.56. The highest BCUT2D eigenvalue weighted by Gasteiger charge is 2.21. The second-order valence-electron chi connectivity index (χ2n) is 1.98. The summed E-state index contributed by atoms with van der Waals surface area (Å²) in [5.74, 6) is 0. The fourth-order valence-corrected chi connectivity index (χ4v) is 1.41. The van der Waals surface area contributed by atoms with E-state index in [9.17, 15) is 8.42 Å². The van der Waals surface area contributed by atoms with Crippen molar-refractivity contribution in [2.24, 2.45) is 0 Å². The Labute approximate surface area is 54.4 Å². The molecule has 1 rings (SSSR count). The van der Waals surface area contributed by atoms with E-state index in [2.05, 4.69) is 0 Å². The number of sulfonamides is 1. The van der Waals surface area contributed by atoms with Crippen LogP contribution in [0.4, 0.5) is 0 Å². The molecular formula is C4H9NO3S. The van der Waals surface area contributed by atoms with Crippen LogP contribution in [0.15, 0.2) is 0 Å². The van der Waals surface area contributed by atoms with Gasteiger partial charge in [-0.05, 0) is 6.42 Å². The van der Waals surface area contributed by atoms with Crippen molar-refractivity contribution in [3.05, 3.63) is 0 Å². The Kier molecular flexibility index (Phi) is 1.74. The van der Waals surface area contributed by atoms with Gasteiger partial charge in [-0.15, -0.1) is 0 Å². The Balaban J connectivity index is 2.63. The Hall–Kier alpha value is -0.130. The van der Waals surface area contributed by atoms with E-state index in [4.69, 9.17) is 4.84 Å². The predicted octanol–water partition coefficient (Wildman–Crippen LogP) is -0.417. The van der Waals surface area contributed by atoms with Crippen LogP contribution >= 0.6 is 0 Å². The molecule has 0 radical (unpaired) electrons. The summed E-state index contributed by atoms with van der Waals surface area (Å²) in [5, 5.41) is 0. The molecule has 1 fully saturated rings. The summed E-state index contributed by atoms with van der Waals surface area (Å²) in [7, 11) is -3.09. The topological polar surface area (TPSA) is 46.6 Å². The third-order valence-corrected chi connectivity index (χ3v) is 2.12. The van der Waals surface area contributed by atoms with Crippen LogP contribution < -0.4 is 0 Å². The lowest BCUT2D eigenvalue weighted by Crippen LogP contribution is -2.24. The molecule has 0 atom stereocenters. The van der Waals surface area contributed by atoms with Gasteiger partial charge >= 0.3 is 0 Å². The first kappa shape index (κ1) is 6.98. The van der Waals surface area contributed by atoms with Crippen molar-refractivity contribution in [3.8, 4) is 0 Å². The van der Waals surface area contributed by atoms with Gasteiger partial charge in [0.1, 0.15) is 0 Å². The van der Waals surface area contributed by atoms with Crippen molar-refractivity contribution in [1.82, 2.24) is 4.47 Å². The van der Waals surface area contributed by atoms with Gasteiger partial charge in [0.25, 0.3) is 0 Å². The van der Waals surface area contributed by atoms with Gasteiger partial charge < -0.3 is 0 Å². The summed E-state index contributed by atoms with van der Waals surface area (Å²) in [6.45, 7) is 1.02. The van der Waals surface area contributed by atoms with Crippen LogP contribution in [0, 0.1) is 0 Å². The summed E-state index contributed by atoms with van der Waals surface area (Å²) < 4.78 is 22.3. The molecule has 1 saturated heterocycles. The lowest BCUT2D eigenvalue weighted by atomic mass is 10.5. The van der Waals surface area contributed by atoms with Gasteiger partial charge in [-0.1, -0.05) is 4.47 Å². The molecule has 0 aromatic heterocycles. The van der Waals surface area contributed by atoms with Crippen molar-refractivity contribution < 1.29 is 13.3 Å². The van der Waals surface area contributed by atoms with Crippen LogP contribution in [0.25, 0.3) is 0 Å². The zero-order valence-corrected chi connectivity index (χ0v) is 6.02. The number of hydrogen-bond acceptors (Lipinski definition) is 3. The molecule has 5 heteroatoms. The Morgan fingerprint density at radius 1 is 1.56 bits per heavy atom. The maximum absolute atomic E-state index is 10.6. The molecule has 0 bridgehead atoms. The average molecular weight is 151 g/mol. The Bertz CT molecular complexity index is 180. The first-order valence-electron chi connectivity index (χ1n) is 2.71. The quantitative estimate of drug-likeness (QED) is 0.511. The molecule has 1 aliphatic heterocycles. The average Bonchev–Trinajstić information content (AvgIpc) is 2.08. The second kappa shape index (κ2) is 2.24. The van der Waals surface area contributed by atoms with Gasteiger partial charge in [0.15, 0.2) is 0 Å². The smallest absolute Gasteiger partial charge is 0.233 e. The molecule has 1 aliphatic rings. The minimum absolute atomic E-state index is 0.499. The van der Waals surface area contributed by atoms with Gasteiger partial charge in [-0.2, -0.15) is 0 Å². The normalized spacial score (nSPS) is 22.8. The number of rotatable bonds is 1. The standard InChI is InChI=1S/C4H9NO3S/c1-9(6,7)5-3-2-4-8-5/h2-4H2,1H3. The van der Waals surface area contributed by atoms with E-state index >= 15 is 0 Å².